The molecule has 1 fully saturated rings. The molecular formula is C17H19N3O4. The van der Waals surface area contributed by atoms with E-state index in [9.17, 15) is 14.4 Å². The van der Waals surface area contributed by atoms with E-state index in [0.717, 1.165) is 0 Å². The highest BCUT2D eigenvalue weighted by atomic mass is 16.3. The summed E-state index contributed by atoms with van der Waals surface area (Å²) < 4.78 is 5.13. The Kier molecular flexibility index (Phi) is 4.50. The standard InChI is InChI=1S/C17H19N3O4/c1-11(21)12-9-14(18-10-12)16(22)19-13-4-6-20(7-5-13)17(23)15-3-2-8-24-15/h2-3,8-10,13,18H,4-7H2,1H3,(H,19,22). The fourth-order valence-electron chi connectivity index (χ4n) is 2.77. The largest absolute Gasteiger partial charge is 0.459 e. The van der Waals surface area contributed by atoms with Crippen molar-refractivity contribution in [2.75, 3.05) is 13.1 Å². The number of likely N-dealkylation sites (tertiary alicyclic amines) is 1. The molecule has 126 valence electrons. The topological polar surface area (TPSA) is 95.4 Å². The third-order valence-electron chi connectivity index (χ3n) is 4.18. The summed E-state index contributed by atoms with van der Waals surface area (Å²) in [6, 6.07) is 4.88. The number of aromatic amines is 1. The first-order chi connectivity index (χ1) is 11.5. The summed E-state index contributed by atoms with van der Waals surface area (Å²) in [6.07, 6.45) is 4.37. The van der Waals surface area contributed by atoms with Crippen LogP contribution in [0.1, 0.15) is 51.2 Å². The first-order valence-electron chi connectivity index (χ1n) is 7.87. The molecule has 2 aromatic heterocycles. The quantitative estimate of drug-likeness (QED) is 0.837. The van der Waals surface area contributed by atoms with Gasteiger partial charge in [0.05, 0.1) is 6.26 Å². The third kappa shape index (κ3) is 3.40. The third-order valence-corrected chi connectivity index (χ3v) is 4.18. The molecule has 3 heterocycles. The Labute approximate surface area is 139 Å². The van der Waals surface area contributed by atoms with Gasteiger partial charge in [0.2, 0.25) is 0 Å². The van der Waals surface area contributed by atoms with Gasteiger partial charge >= 0.3 is 0 Å². The summed E-state index contributed by atoms with van der Waals surface area (Å²) in [5, 5.41) is 2.94. The molecule has 3 rings (SSSR count). The Morgan fingerprint density at radius 3 is 2.62 bits per heavy atom. The maximum atomic E-state index is 12.2. The smallest absolute Gasteiger partial charge is 0.289 e. The maximum absolute atomic E-state index is 12.2. The number of rotatable bonds is 4. The van der Waals surface area contributed by atoms with E-state index in [2.05, 4.69) is 10.3 Å². The van der Waals surface area contributed by atoms with Crippen molar-refractivity contribution < 1.29 is 18.8 Å². The van der Waals surface area contributed by atoms with Gasteiger partial charge in [-0.05, 0) is 38.0 Å². The highest BCUT2D eigenvalue weighted by molar-refractivity contribution is 5.99. The Balaban J connectivity index is 1.52. The van der Waals surface area contributed by atoms with Crippen LogP contribution >= 0.6 is 0 Å². The number of hydrogen-bond donors (Lipinski definition) is 2. The van der Waals surface area contributed by atoms with Crippen LogP contribution < -0.4 is 5.32 Å². The van der Waals surface area contributed by atoms with E-state index < -0.39 is 0 Å². The molecular weight excluding hydrogens is 310 g/mol. The van der Waals surface area contributed by atoms with Crippen LogP contribution in [0.5, 0.6) is 0 Å². The number of hydrogen-bond acceptors (Lipinski definition) is 4. The molecule has 0 aromatic carbocycles. The number of amides is 2. The predicted octanol–water partition coefficient (Wildman–Crippen LogP) is 1.84. The highest BCUT2D eigenvalue weighted by Crippen LogP contribution is 2.15. The molecule has 0 saturated carbocycles. The van der Waals surface area contributed by atoms with Crippen molar-refractivity contribution in [2.24, 2.45) is 0 Å². The van der Waals surface area contributed by atoms with E-state index in [1.54, 1.807) is 23.1 Å². The van der Waals surface area contributed by atoms with Crippen LogP contribution in [0.4, 0.5) is 0 Å². The number of Topliss-reactive ketones (excluding diaryl/α,β-unsaturated/α-hetero) is 1. The SMILES string of the molecule is CC(=O)c1c[nH]c(C(=O)NC2CCN(C(=O)c3ccco3)CC2)c1. The van der Waals surface area contributed by atoms with Crippen LogP contribution in [0.25, 0.3) is 0 Å². The number of aromatic nitrogens is 1. The Bertz CT molecular complexity index is 740. The molecule has 0 atom stereocenters. The van der Waals surface area contributed by atoms with Crippen molar-refractivity contribution in [2.45, 2.75) is 25.8 Å². The molecule has 24 heavy (non-hydrogen) atoms. The van der Waals surface area contributed by atoms with Gasteiger partial charge in [-0.1, -0.05) is 0 Å². The number of carbonyl (C=O) groups excluding carboxylic acids is 3. The molecule has 7 heteroatoms. The Morgan fingerprint density at radius 2 is 2.04 bits per heavy atom. The zero-order valence-corrected chi connectivity index (χ0v) is 13.4. The van der Waals surface area contributed by atoms with Crippen molar-refractivity contribution >= 4 is 17.6 Å². The number of nitrogens with one attached hydrogen (secondary N) is 2. The molecule has 0 bridgehead atoms. The molecule has 1 saturated heterocycles. The van der Waals surface area contributed by atoms with Crippen molar-refractivity contribution in [3.05, 3.63) is 47.7 Å². The lowest BCUT2D eigenvalue weighted by Gasteiger charge is -2.31. The van der Waals surface area contributed by atoms with Gasteiger partial charge in [0, 0.05) is 30.9 Å². The lowest BCUT2D eigenvalue weighted by atomic mass is 10.0. The number of nitrogens with zero attached hydrogens (tertiary/aromatic N) is 1. The molecule has 1 aliphatic heterocycles. The van der Waals surface area contributed by atoms with Crippen LogP contribution in [0.2, 0.25) is 0 Å². The average Bonchev–Trinajstić information content (AvgIpc) is 3.26. The van der Waals surface area contributed by atoms with Gasteiger partial charge in [-0.2, -0.15) is 0 Å². The van der Waals surface area contributed by atoms with Crippen LogP contribution in [-0.2, 0) is 0 Å². The van der Waals surface area contributed by atoms with Crippen LogP contribution in [0, 0.1) is 0 Å². The van der Waals surface area contributed by atoms with E-state index >= 15 is 0 Å². The first kappa shape index (κ1) is 16.0. The zero-order chi connectivity index (χ0) is 17.1. The average molecular weight is 329 g/mol. The highest BCUT2D eigenvalue weighted by Gasteiger charge is 2.26. The van der Waals surface area contributed by atoms with Crippen molar-refractivity contribution in [3.8, 4) is 0 Å². The van der Waals surface area contributed by atoms with E-state index in [-0.39, 0.29) is 23.6 Å². The second kappa shape index (κ2) is 6.74. The number of ketones is 1. The van der Waals surface area contributed by atoms with Crippen LogP contribution in [-0.4, -0.2) is 46.6 Å². The molecule has 7 nitrogen and oxygen atoms in total. The number of furan rings is 1. The van der Waals surface area contributed by atoms with E-state index in [0.29, 0.717) is 42.9 Å². The summed E-state index contributed by atoms with van der Waals surface area (Å²) in [7, 11) is 0. The van der Waals surface area contributed by atoms with E-state index in [1.165, 1.54) is 19.4 Å². The van der Waals surface area contributed by atoms with Gasteiger partial charge in [0.15, 0.2) is 11.5 Å². The minimum absolute atomic E-state index is 0.00206. The number of H-pyrrole nitrogens is 1. The minimum atomic E-state index is -0.238. The molecule has 0 radical (unpaired) electrons. The summed E-state index contributed by atoms with van der Waals surface area (Å²) in [5.41, 5.74) is 0.855. The van der Waals surface area contributed by atoms with Crippen LogP contribution in [0.15, 0.2) is 35.1 Å². The minimum Gasteiger partial charge on any atom is -0.459 e. The fourth-order valence-corrected chi connectivity index (χ4v) is 2.77. The Hall–Kier alpha value is -2.83. The molecule has 2 amide bonds. The monoisotopic (exact) mass is 329 g/mol. The zero-order valence-electron chi connectivity index (χ0n) is 13.4. The molecule has 0 aliphatic carbocycles. The second-order valence-corrected chi connectivity index (χ2v) is 5.88. The van der Waals surface area contributed by atoms with Gasteiger partial charge in [-0.25, -0.2) is 0 Å². The molecule has 1 aliphatic rings. The summed E-state index contributed by atoms with van der Waals surface area (Å²) in [5.74, 6) is -0.116. The molecule has 2 aromatic rings. The first-order valence-corrected chi connectivity index (χ1v) is 7.87. The fraction of sp³-hybridized carbons (Fsp3) is 0.353. The lowest BCUT2D eigenvalue weighted by molar-refractivity contribution is 0.0667. The van der Waals surface area contributed by atoms with Gasteiger partial charge in [-0.15, -0.1) is 0 Å². The van der Waals surface area contributed by atoms with Crippen molar-refractivity contribution in [1.82, 2.24) is 15.2 Å². The van der Waals surface area contributed by atoms with E-state index in [4.69, 9.17) is 4.42 Å². The lowest BCUT2D eigenvalue weighted by Crippen LogP contribution is -2.46. The second-order valence-electron chi connectivity index (χ2n) is 5.88. The molecule has 0 spiro atoms. The van der Waals surface area contributed by atoms with Gasteiger partial charge in [0.25, 0.3) is 11.8 Å². The van der Waals surface area contributed by atoms with E-state index in [1.807, 2.05) is 0 Å². The van der Waals surface area contributed by atoms with Crippen molar-refractivity contribution in [3.63, 3.8) is 0 Å². The normalized spacial score (nSPS) is 15.3. The van der Waals surface area contributed by atoms with Gasteiger partial charge < -0.3 is 19.6 Å². The van der Waals surface area contributed by atoms with Crippen molar-refractivity contribution in [1.29, 1.82) is 0 Å². The summed E-state index contributed by atoms with van der Waals surface area (Å²) in [6.45, 7) is 2.58. The van der Waals surface area contributed by atoms with Gasteiger partial charge in [0.1, 0.15) is 5.69 Å². The number of carbonyl (C=O) groups is 3. The number of piperidine rings is 1. The summed E-state index contributed by atoms with van der Waals surface area (Å²) in [4.78, 5) is 40.2. The van der Waals surface area contributed by atoms with Gasteiger partial charge in [-0.3, -0.25) is 14.4 Å². The Morgan fingerprint density at radius 1 is 1.29 bits per heavy atom. The van der Waals surface area contributed by atoms with Crippen LogP contribution in [0.3, 0.4) is 0 Å². The maximum Gasteiger partial charge on any atom is 0.289 e. The molecule has 0 unspecified atom stereocenters. The summed E-state index contributed by atoms with van der Waals surface area (Å²) >= 11 is 0. The molecule has 2 N–H and O–H groups in total. The predicted molar refractivity (Wildman–Crippen MR) is 85.9 cm³/mol.